The van der Waals surface area contributed by atoms with E-state index in [1.807, 2.05) is 19.3 Å². The molecular formula is C24H24N3+. The fourth-order valence-electron chi connectivity index (χ4n) is 3.64. The molecule has 0 spiro atoms. The van der Waals surface area contributed by atoms with Gasteiger partial charge >= 0.3 is 0 Å². The summed E-state index contributed by atoms with van der Waals surface area (Å²) in [5, 5.41) is 2.44. The van der Waals surface area contributed by atoms with Crippen molar-refractivity contribution in [3.8, 4) is 22.4 Å². The van der Waals surface area contributed by atoms with E-state index < -0.39 is 0 Å². The molecule has 0 aliphatic heterocycles. The van der Waals surface area contributed by atoms with Crippen LogP contribution in [0.5, 0.6) is 0 Å². The summed E-state index contributed by atoms with van der Waals surface area (Å²) in [6.07, 6.45) is 5.98. The molecule has 2 heterocycles. The molecule has 0 N–H and O–H groups in total. The molecule has 0 unspecified atom stereocenters. The van der Waals surface area contributed by atoms with Crippen LogP contribution in [0.1, 0.15) is 22.5 Å². The summed E-state index contributed by atoms with van der Waals surface area (Å²) >= 11 is 0. The highest BCUT2D eigenvalue weighted by atomic mass is 14.9. The Morgan fingerprint density at radius 1 is 0.778 bits per heavy atom. The highest BCUT2D eigenvalue weighted by molar-refractivity contribution is 5.88. The Morgan fingerprint density at radius 3 is 2.26 bits per heavy atom. The Hall–Kier alpha value is -3.07. The summed E-state index contributed by atoms with van der Waals surface area (Å²) in [6, 6.07) is 13.4. The SMILES string of the molecule is Cc1cc(C)c(C)c(-c2cc3ccc(-c4cnc(C)nc4)cc3c[n+]2C)c1. The van der Waals surface area contributed by atoms with Gasteiger partial charge in [0.25, 0.3) is 0 Å². The Bertz CT molecular complexity index is 1160. The first-order valence-corrected chi connectivity index (χ1v) is 9.23. The predicted octanol–water partition coefficient (Wildman–Crippen LogP) is 5.02. The molecule has 0 aliphatic rings. The minimum Gasteiger partial charge on any atom is -0.241 e. The maximum absolute atomic E-state index is 4.32. The summed E-state index contributed by atoms with van der Waals surface area (Å²) in [6.45, 7) is 8.45. The largest absolute Gasteiger partial charge is 0.241 e. The van der Waals surface area contributed by atoms with E-state index in [1.165, 1.54) is 38.7 Å². The summed E-state index contributed by atoms with van der Waals surface area (Å²) in [4.78, 5) is 8.63. The van der Waals surface area contributed by atoms with Crippen molar-refractivity contribution >= 4 is 10.8 Å². The van der Waals surface area contributed by atoms with Crippen LogP contribution in [-0.4, -0.2) is 9.97 Å². The highest BCUT2D eigenvalue weighted by Gasteiger charge is 2.16. The molecule has 4 aromatic rings. The molecule has 0 saturated heterocycles. The molecule has 3 nitrogen and oxygen atoms in total. The summed E-state index contributed by atoms with van der Waals surface area (Å²) < 4.78 is 2.22. The van der Waals surface area contributed by atoms with Crippen LogP contribution in [0.25, 0.3) is 33.2 Å². The van der Waals surface area contributed by atoms with Crippen molar-refractivity contribution in [3.63, 3.8) is 0 Å². The molecule has 2 aromatic heterocycles. The zero-order chi connectivity index (χ0) is 19.1. The third-order valence-corrected chi connectivity index (χ3v) is 5.29. The maximum atomic E-state index is 4.32. The lowest BCUT2D eigenvalue weighted by atomic mass is 9.96. The van der Waals surface area contributed by atoms with Crippen molar-refractivity contribution in [1.82, 2.24) is 9.97 Å². The van der Waals surface area contributed by atoms with Crippen molar-refractivity contribution in [1.29, 1.82) is 0 Å². The minimum atomic E-state index is 0.791. The highest BCUT2D eigenvalue weighted by Crippen LogP contribution is 2.29. The number of aromatic nitrogens is 3. The van der Waals surface area contributed by atoms with Crippen molar-refractivity contribution in [2.45, 2.75) is 27.7 Å². The third kappa shape index (κ3) is 3.21. The van der Waals surface area contributed by atoms with Crippen LogP contribution < -0.4 is 4.57 Å². The van der Waals surface area contributed by atoms with Crippen LogP contribution in [0.2, 0.25) is 0 Å². The van der Waals surface area contributed by atoms with Crippen molar-refractivity contribution in [2.75, 3.05) is 0 Å². The lowest BCUT2D eigenvalue weighted by Crippen LogP contribution is -2.30. The molecule has 0 fully saturated rings. The molecule has 4 rings (SSSR count). The van der Waals surface area contributed by atoms with E-state index >= 15 is 0 Å². The van der Waals surface area contributed by atoms with Gasteiger partial charge in [-0.25, -0.2) is 14.5 Å². The molecule has 0 amide bonds. The fourth-order valence-corrected chi connectivity index (χ4v) is 3.64. The van der Waals surface area contributed by atoms with E-state index in [-0.39, 0.29) is 0 Å². The molecule has 0 bridgehead atoms. The van der Waals surface area contributed by atoms with Crippen LogP contribution in [0.4, 0.5) is 0 Å². The summed E-state index contributed by atoms with van der Waals surface area (Å²) in [7, 11) is 2.12. The number of hydrogen-bond donors (Lipinski definition) is 0. The second kappa shape index (κ2) is 6.58. The average molecular weight is 354 g/mol. The Balaban J connectivity index is 1.86. The van der Waals surface area contributed by atoms with Gasteiger partial charge in [-0.2, -0.15) is 0 Å². The molecule has 27 heavy (non-hydrogen) atoms. The van der Waals surface area contributed by atoms with Crippen LogP contribution in [0.3, 0.4) is 0 Å². The van der Waals surface area contributed by atoms with E-state index in [9.17, 15) is 0 Å². The molecule has 0 radical (unpaired) electrons. The zero-order valence-corrected chi connectivity index (χ0v) is 16.5. The van der Waals surface area contributed by atoms with Gasteiger partial charge in [-0.05, 0) is 61.9 Å². The number of pyridine rings is 1. The maximum Gasteiger partial charge on any atom is 0.213 e. The molecule has 134 valence electrons. The minimum absolute atomic E-state index is 0.791. The third-order valence-electron chi connectivity index (χ3n) is 5.29. The lowest BCUT2D eigenvalue weighted by Gasteiger charge is -2.10. The van der Waals surface area contributed by atoms with Gasteiger partial charge in [-0.1, -0.05) is 23.8 Å². The van der Waals surface area contributed by atoms with Gasteiger partial charge < -0.3 is 0 Å². The van der Waals surface area contributed by atoms with Gasteiger partial charge in [0.15, 0.2) is 6.20 Å². The number of hydrogen-bond acceptors (Lipinski definition) is 2. The second-order valence-corrected chi connectivity index (χ2v) is 7.39. The van der Waals surface area contributed by atoms with Crippen molar-refractivity contribution in [2.24, 2.45) is 7.05 Å². The van der Waals surface area contributed by atoms with Crippen molar-refractivity contribution in [3.05, 3.63) is 77.5 Å². The van der Waals surface area contributed by atoms with Gasteiger partial charge in [0.05, 0.1) is 0 Å². The van der Waals surface area contributed by atoms with Crippen molar-refractivity contribution < 1.29 is 4.57 Å². The first kappa shape index (κ1) is 17.3. The van der Waals surface area contributed by atoms with Gasteiger partial charge in [-0.3, -0.25) is 0 Å². The van der Waals surface area contributed by atoms with Crippen LogP contribution >= 0.6 is 0 Å². The van der Waals surface area contributed by atoms with Gasteiger partial charge in [0.2, 0.25) is 5.69 Å². The molecule has 0 atom stereocenters. The van der Waals surface area contributed by atoms with Crippen LogP contribution in [-0.2, 0) is 7.05 Å². The van der Waals surface area contributed by atoms with E-state index in [0.717, 1.165) is 17.0 Å². The molecule has 0 aliphatic carbocycles. The fraction of sp³-hybridized carbons (Fsp3) is 0.208. The normalized spacial score (nSPS) is 11.1. The molecular weight excluding hydrogens is 330 g/mol. The van der Waals surface area contributed by atoms with E-state index in [1.54, 1.807) is 0 Å². The van der Waals surface area contributed by atoms with E-state index in [0.29, 0.717) is 0 Å². The van der Waals surface area contributed by atoms with Gasteiger partial charge in [-0.15, -0.1) is 0 Å². The summed E-state index contributed by atoms with van der Waals surface area (Å²) in [5.41, 5.74) is 8.68. The number of aryl methyl sites for hydroxylation is 4. The van der Waals surface area contributed by atoms with Crippen LogP contribution in [0.15, 0.2) is 55.0 Å². The quantitative estimate of drug-likeness (QED) is 0.473. The first-order chi connectivity index (χ1) is 12.9. The molecule has 2 aromatic carbocycles. The van der Waals surface area contributed by atoms with E-state index in [4.69, 9.17) is 0 Å². The lowest BCUT2D eigenvalue weighted by molar-refractivity contribution is -0.659. The Morgan fingerprint density at radius 2 is 1.52 bits per heavy atom. The van der Waals surface area contributed by atoms with E-state index in [2.05, 4.69) is 84.9 Å². The van der Waals surface area contributed by atoms with Crippen LogP contribution in [0, 0.1) is 27.7 Å². The standard InChI is InChI=1S/C24H24N3/c1-15-8-16(2)17(3)23(9-15)24-11-20-7-6-19(10-21(20)14-27(24)5)22-12-25-18(4)26-13-22/h6-14H,1-5H3/q+1. The monoisotopic (exact) mass is 354 g/mol. The zero-order valence-electron chi connectivity index (χ0n) is 16.5. The Labute approximate surface area is 160 Å². The molecule has 3 heteroatoms. The second-order valence-electron chi connectivity index (χ2n) is 7.39. The van der Waals surface area contributed by atoms with Gasteiger partial charge in [0.1, 0.15) is 12.9 Å². The number of rotatable bonds is 2. The molecule has 0 saturated carbocycles. The predicted molar refractivity (Wildman–Crippen MR) is 111 cm³/mol. The average Bonchev–Trinajstić information content (AvgIpc) is 2.64. The number of fused-ring (bicyclic) bond motifs is 1. The van der Waals surface area contributed by atoms with Gasteiger partial charge in [0, 0.05) is 35.0 Å². The Kier molecular flexibility index (Phi) is 4.23. The summed E-state index contributed by atoms with van der Waals surface area (Å²) in [5.74, 6) is 0.791. The smallest absolute Gasteiger partial charge is 0.213 e. The topological polar surface area (TPSA) is 29.7 Å². The number of benzene rings is 2. The first-order valence-electron chi connectivity index (χ1n) is 9.23. The number of nitrogens with zero attached hydrogens (tertiary/aromatic N) is 3.